The van der Waals surface area contributed by atoms with Crippen molar-refractivity contribution in [3.05, 3.63) is 70.5 Å². The average molecular weight is 344 g/mol. The van der Waals surface area contributed by atoms with Crippen molar-refractivity contribution in [3.8, 4) is 0 Å². The summed E-state index contributed by atoms with van der Waals surface area (Å²) in [6.45, 7) is 0. The zero-order valence-corrected chi connectivity index (χ0v) is 12.5. The van der Waals surface area contributed by atoms with Gasteiger partial charge in [-0.25, -0.2) is 4.39 Å². The molecule has 2 aromatic rings. The van der Waals surface area contributed by atoms with Gasteiger partial charge in [-0.15, -0.1) is 0 Å². The van der Waals surface area contributed by atoms with Gasteiger partial charge >= 0.3 is 0 Å². The maximum Gasteiger partial charge on any atom is 0.123 e. The number of aliphatic hydroxyl groups is 1. The third-order valence-corrected chi connectivity index (χ3v) is 4.34. The molecule has 0 saturated heterocycles. The van der Waals surface area contributed by atoms with Crippen molar-refractivity contribution < 1.29 is 9.50 Å². The van der Waals surface area contributed by atoms with Gasteiger partial charge in [0.1, 0.15) is 11.4 Å². The minimum atomic E-state index is -1.11. The van der Waals surface area contributed by atoms with Crippen molar-refractivity contribution in [2.75, 3.05) is 5.33 Å². The van der Waals surface area contributed by atoms with Gasteiger partial charge < -0.3 is 5.11 Å². The first-order valence-corrected chi connectivity index (χ1v) is 7.33. The summed E-state index contributed by atoms with van der Waals surface area (Å²) in [5.41, 5.74) is 0.403. The highest BCUT2D eigenvalue weighted by molar-refractivity contribution is 9.09. The van der Waals surface area contributed by atoms with Gasteiger partial charge in [0, 0.05) is 16.8 Å². The van der Waals surface area contributed by atoms with Crippen molar-refractivity contribution in [1.82, 2.24) is 0 Å². The van der Waals surface area contributed by atoms with Crippen LogP contribution in [0.2, 0.25) is 5.02 Å². The SMILES string of the molecule is OC(CBr)(Cc1ccccc1Cl)c1ccc(F)cc1. The predicted octanol–water partition coefficient (Wildman–Crippen LogP) is 4.30. The lowest BCUT2D eigenvalue weighted by Gasteiger charge is -2.27. The Bertz CT molecular complexity index is 558. The quantitative estimate of drug-likeness (QED) is 0.821. The number of hydrogen-bond acceptors (Lipinski definition) is 1. The molecule has 0 saturated carbocycles. The molecule has 0 aliphatic heterocycles. The van der Waals surface area contributed by atoms with Gasteiger partial charge in [0.15, 0.2) is 0 Å². The van der Waals surface area contributed by atoms with Crippen LogP contribution in [0, 0.1) is 5.82 Å². The standard InChI is InChI=1S/C15H13BrClFO/c16-10-15(19,12-5-7-13(18)8-6-12)9-11-3-1-2-4-14(11)17/h1-8,19H,9-10H2. The number of rotatable bonds is 4. The summed E-state index contributed by atoms with van der Waals surface area (Å²) in [4.78, 5) is 0. The van der Waals surface area contributed by atoms with E-state index in [0.29, 0.717) is 22.3 Å². The van der Waals surface area contributed by atoms with Gasteiger partial charge in [-0.1, -0.05) is 57.9 Å². The number of hydrogen-bond donors (Lipinski definition) is 1. The molecule has 0 spiro atoms. The molecule has 2 rings (SSSR count). The van der Waals surface area contributed by atoms with Crippen LogP contribution in [-0.4, -0.2) is 10.4 Å². The van der Waals surface area contributed by atoms with Gasteiger partial charge in [-0.05, 0) is 29.3 Å². The Labute approximate surface area is 125 Å². The van der Waals surface area contributed by atoms with E-state index in [-0.39, 0.29) is 5.82 Å². The molecule has 0 heterocycles. The van der Waals surface area contributed by atoms with E-state index in [9.17, 15) is 9.50 Å². The van der Waals surface area contributed by atoms with Gasteiger partial charge in [0.05, 0.1) is 0 Å². The Hall–Kier alpha value is -0.900. The minimum absolute atomic E-state index is 0.321. The van der Waals surface area contributed by atoms with Crippen molar-refractivity contribution >= 4 is 27.5 Å². The Morgan fingerprint density at radius 3 is 2.32 bits per heavy atom. The molecule has 0 radical (unpaired) electrons. The molecule has 1 unspecified atom stereocenters. The second kappa shape index (κ2) is 6.04. The van der Waals surface area contributed by atoms with Crippen LogP contribution in [0.5, 0.6) is 0 Å². The summed E-state index contributed by atoms with van der Waals surface area (Å²) in [7, 11) is 0. The Balaban J connectivity index is 2.33. The zero-order chi connectivity index (χ0) is 13.9. The lowest BCUT2D eigenvalue weighted by Crippen LogP contribution is -2.30. The van der Waals surface area contributed by atoms with Crippen LogP contribution in [-0.2, 0) is 12.0 Å². The molecule has 1 nitrogen and oxygen atoms in total. The maximum atomic E-state index is 13.0. The molecular weight excluding hydrogens is 331 g/mol. The first-order chi connectivity index (χ1) is 9.05. The van der Waals surface area contributed by atoms with Crippen LogP contribution in [0.1, 0.15) is 11.1 Å². The lowest BCUT2D eigenvalue weighted by atomic mass is 9.89. The Morgan fingerprint density at radius 1 is 1.11 bits per heavy atom. The van der Waals surface area contributed by atoms with Crippen molar-refractivity contribution in [2.24, 2.45) is 0 Å². The minimum Gasteiger partial charge on any atom is -0.384 e. The number of benzene rings is 2. The van der Waals surface area contributed by atoms with Crippen molar-refractivity contribution in [1.29, 1.82) is 0 Å². The second-order valence-electron chi connectivity index (χ2n) is 4.44. The fourth-order valence-corrected chi connectivity index (χ4v) is 2.67. The molecule has 1 N–H and O–H groups in total. The Kier molecular flexibility index (Phi) is 4.61. The molecule has 19 heavy (non-hydrogen) atoms. The fourth-order valence-electron chi connectivity index (χ4n) is 1.94. The van der Waals surface area contributed by atoms with Gasteiger partial charge in [0.2, 0.25) is 0 Å². The molecule has 0 fully saturated rings. The molecule has 0 amide bonds. The highest BCUT2D eigenvalue weighted by Gasteiger charge is 2.29. The Morgan fingerprint density at radius 2 is 1.74 bits per heavy atom. The second-order valence-corrected chi connectivity index (χ2v) is 5.41. The molecular formula is C15H13BrClFO. The van der Waals surface area contributed by atoms with Crippen LogP contribution >= 0.6 is 27.5 Å². The molecule has 4 heteroatoms. The van der Waals surface area contributed by atoms with E-state index < -0.39 is 5.60 Å². The van der Waals surface area contributed by atoms with Crippen LogP contribution in [0.3, 0.4) is 0 Å². The van der Waals surface area contributed by atoms with Gasteiger partial charge in [-0.2, -0.15) is 0 Å². The van der Waals surface area contributed by atoms with E-state index in [1.807, 2.05) is 18.2 Å². The van der Waals surface area contributed by atoms with E-state index in [4.69, 9.17) is 11.6 Å². The normalized spacial score (nSPS) is 14.1. The zero-order valence-electron chi connectivity index (χ0n) is 10.1. The predicted molar refractivity (Wildman–Crippen MR) is 79.2 cm³/mol. The van der Waals surface area contributed by atoms with Crippen LogP contribution < -0.4 is 0 Å². The van der Waals surface area contributed by atoms with E-state index in [0.717, 1.165) is 5.56 Å². The lowest BCUT2D eigenvalue weighted by molar-refractivity contribution is 0.0642. The van der Waals surface area contributed by atoms with Crippen LogP contribution in [0.25, 0.3) is 0 Å². The molecule has 2 aromatic carbocycles. The maximum absolute atomic E-state index is 13.0. The third kappa shape index (κ3) is 3.35. The highest BCUT2D eigenvalue weighted by atomic mass is 79.9. The molecule has 0 aromatic heterocycles. The molecule has 100 valence electrons. The fraction of sp³-hybridized carbons (Fsp3) is 0.200. The van der Waals surface area contributed by atoms with Crippen LogP contribution in [0.15, 0.2) is 48.5 Å². The van der Waals surface area contributed by atoms with E-state index in [1.165, 1.54) is 12.1 Å². The van der Waals surface area contributed by atoms with Crippen LogP contribution in [0.4, 0.5) is 4.39 Å². The molecule has 0 bridgehead atoms. The highest BCUT2D eigenvalue weighted by Crippen LogP contribution is 2.30. The smallest absolute Gasteiger partial charge is 0.123 e. The summed E-state index contributed by atoms with van der Waals surface area (Å²) in [5.74, 6) is -0.321. The third-order valence-electron chi connectivity index (χ3n) is 3.04. The number of halogens is 3. The van der Waals surface area contributed by atoms with E-state index in [2.05, 4.69) is 15.9 Å². The van der Waals surface area contributed by atoms with Gasteiger partial charge in [-0.3, -0.25) is 0 Å². The topological polar surface area (TPSA) is 20.2 Å². The first-order valence-electron chi connectivity index (χ1n) is 5.83. The summed E-state index contributed by atoms with van der Waals surface area (Å²) in [5, 5.41) is 11.7. The van der Waals surface area contributed by atoms with Crippen molar-refractivity contribution in [3.63, 3.8) is 0 Å². The summed E-state index contributed by atoms with van der Waals surface area (Å²) >= 11 is 9.44. The first kappa shape index (κ1) is 14.5. The monoisotopic (exact) mass is 342 g/mol. The molecule has 0 aliphatic rings. The molecule has 0 aliphatic carbocycles. The van der Waals surface area contributed by atoms with E-state index >= 15 is 0 Å². The summed E-state index contributed by atoms with van der Waals surface area (Å²) in [6, 6.07) is 13.2. The average Bonchev–Trinajstić information content (AvgIpc) is 2.42. The van der Waals surface area contributed by atoms with E-state index in [1.54, 1.807) is 18.2 Å². The number of alkyl halides is 1. The summed E-state index contributed by atoms with van der Waals surface area (Å²) in [6.07, 6.45) is 0.365. The largest absolute Gasteiger partial charge is 0.384 e. The van der Waals surface area contributed by atoms with Crippen molar-refractivity contribution in [2.45, 2.75) is 12.0 Å². The van der Waals surface area contributed by atoms with Gasteiger partial charge in [0.25, 0.3) is 0 Å². The molecule has 1 atom stereocenters. The summed E-state index contributed by atoms with van der Waals surface area (Å²) < 4.78 is 13.0.